The summed E-state index contributed by atoms with van der Waals surface area (Å²) in [6, 6.07) is 4.07. The summed E-state index contributed by atoms with van der Waals surface area (Å²) in [4.78, 5) is 12.0. The van der Waals surface area contributed by atoms with Gasteiger partial charge < -0.3 is 10.4 Å². The average Bonchev–Trinajstić information content (AvgIpc) is 2.36. The summed E-state index contributed by atoms with van der Waals surface area (Å²) in [6.07, 6.45) is 0.831. The highest BCUT2D eigenvalue weighted by atomic mass is 19.1. The molecular formula is C16H20FNO2. The normalized spacial score (nSPS) is 11.7. The predicted octanol–water partition coefficient (Wildman–Crippen LogP) is 2.33. The zero-order chi connectivity index (χ0) is 15.1. The predicted molar refractivity (Wildman–Crippen MR) is 76.7 cm³/mol. The summed E-state index contributed by atoms with van der Waals surface area (Å²) in [5.74, 6) is 4.56. The van der Waals surface area contributed by atoms with Crippen LogP contribution in [-0.2, 0) is 0 Å². The number of halogens is 1. The Hall–Kier alpha value is -1.86. The van der Waals surface area contributed by atoms with Crippen LogP contribution in [0.2, 0.25) is 0 Å². The summed E-state index contributed by atoms with van der Waals surface area (Å²) in [5, 5.41) is 11.4. The molecule has 2 N–H and O–H groups in total. The van der Waals surface area contributed by atoms with Crippen LogP contribution in [0.4, 0.5) is 4.39 Å². The first-order valence-corrected chi connectivity index (χ1v) is 6.64. The SMILES string of the molecule is CC(C)CC(C)NC(=O)c1cc(C#CCO)ccc1F. The molecule has 1 rings (SSSR count). The molecule has 108 valence electrons. The monoisotopic (exact) mass is 277 g/mol. The van der Waals surface area contributed by atoms with Crippen LogP contribution in [0, 0.1) is 23.6 Å². The molecule has 20 heavy (non-hydrogen) atoms. The number of carbonyl (C=O) groups excluding carboxylic acids is 1. The second kappa shape index (κ2) is 7.66. The Morgan fingerprint density at radius 1 is 1.40 bits per heavy atom. The van der Waals surface area contributed by atoms with Gasteiger partial charge in [-0.05, 0) is 37.5 Å². The van der Waals surface area contributed by atoms with E-state index in [9.17, 15) is 9.18 Å². The Bertz CT molecular complexity index is 529. The molecule has 1 unspecified atom stereocenters. The molecule has 1 aromatic rings. The zero-order valence-electron chi connectivity index (χ0n) is 12.0. The first-order chi connectivity index (χ1) is 9.43. The van der Waals surface area contributed by atoms with Gasteiger partial charge in [0.1, 0.15) is 12.4 Å². The molecule has 0 saturated carbocycles. The van der Waals surface area contributed by atoms with Crippen molar-refractivity contribution in [2.45, 2.75) is 33.2 Å². The Morgan fingerprint density at radius 2 is 2.10 bits per heavy atom. The van der Waals surface area contributed by atoms with Crippen LogP contribution in [0.5, 0.6) is 0 Å². The van der Waals surface area contributed by atoms with Gasteiger partial charge in [0.05, 0.1) is 5.56 Å². The van der Waals surface area contributed by atoms with Gasteiger partial charge in [0.15, 0.2) is 0 Å². The molecule has 0 spiro atoms. The van der Waals surface area contributed by atoms with Crippen molar-refractivity contribution in [2.75, 3.05) is 6.61 Å². The molecule has 3 nitrogen and oxygen atoms in total. The number of nitrogens with one attached hydrogen (secondary N) is 1. The summed E-state index contributed by atoms with van der Waals surface area (Å²) in [7, 11) is 0. The number of rotatable bonds is 4. The van der Waals surface area contributed by atoms with Crippen molar-refractivity contribution in [3.63, 3.8) is 0 Å². The number of aliphatic hydroxyl groups is 1. The fourth-order valence-electron chi connectivity index (χ4n) is 1.99. The Balaban J connectivity index is 2.86. The van der Waals surface area contributed by atoms with Crippen molar-refractivity contribution >= 4 is 5.91 Å². The topological polar surface area (TPSA) is 49.3 Å². The van der Waals surface area contributed by atoms with Crippen LogP contribution in [-0.4, -0.2) is 23.7 Å². The number of carbonyl (C=O) groups is 1. The van der Waals surface area contributed by atoms with Crippen LogP contribution < -0.4 is 5.32 Å². The lowest BCUT2D eigenvalue weighted by Gasteiger charge is -2.16. The molecule has 0 aromatic heterocycles. The van der Waals surface area contributed by atoms with E-state index < -0.39 is 11.7 Å². The number of amides is 1. The van der Waals surface area contributed by atoms with E-state index in [0.717, 1.165) is 6.42 Å². The van der Waals surface area contributed by atoms with Crippen LogP contribution in [0.3, 0.4) is 0 Å². The van der Waals surface area contributed by atoms with Crippen molar-refractivity contribution in [3.8, 4) is 11.8 Å². The van der Waals surface area contributed by atoms with E-state index in [2.05, 4.69) is 31.0 Å². The van der Waals surface area contributed by atoms with Crippen molar-refractivity contribution in [1.29, 1.82) is 0 Å². The van der Waals surface area contributed by atoms with E-state index in [0.29, 0.717) is 11.5 Å². The molecule has 1 amide bonds. The van der Waals surface area contributed by atoms with Gasteiger partial charge in [-0.3, -0.25) is 4.79 Å². The standard InChI is InChI=1S/C16H20FNO2/c1-11(2)9-12(3)18-16(20)14-10-13(5-4-8-19)6-7-15(14)17/h6-7,10-12,19H,8-9H2,1-3H3,(H,18,20). The number of benzene rings is 1. The quantitative estimate of drug-likeness (QED) is 0.830. The second-order valence-corrected chi connectivity index (χ2v) is 5.16. The van der Waals surface area contributed by atoms with Crippen molar-refractivity contribution in [3.05, 3.63) is 35.1 Å². The molecule has 0 saturated heterocycles. The maximum atomic E-state index is 13.7. The summed E-state index contributed by atoms with van der Waals surface area (Å²) >= 11 is 0. The molecule has 0 aliphatic carbocycles. The largest absolute Gasteiger partial charge is 0.384 e. The van der Waals surface area contributed by atoms with E-state index in [4.69, 9.17) is 5.11 Å². The highest BCUT2D eigenvalue weighted by molar-refractivity contribution is 5.95. The fraction of sp³-hybridized carbons (Fsp3) is 0.438. The minimum atomic E-state index is -0.575. The molecule has 1 atom stereocenters. The molecule has 0 aliphatic rings. The molecule has 0 radical (unpaired) electrons. The third kappa shape index (κ3) is 5.02. The van der Waals surface area contributed by atoms with Gasteiger partial charge in [0, 0.05) is 11.6 Å². The van der Waals surface area contributed by atoms with Crippen LogP contribution in [0.15, 0.2) is 18.2 Å². The van der Waals surface area contributed by atoms with E-state index >= 15 is 0 Å². The van der Waals surface area contributed by atoms with Gasteiger partial charge >= 0.3 is 0 Å². The van der Waals surface area contributed by atoms with Crippen molar-refractivity contribution < 1.29 is 14.3 Å². The van der Waals surface area contributed by atoms with Gasteiger partial charge in [-0.25, -0.2) is 4.39 Å². The number of aliphatic hydroxyl groups excluding tert-OH is 1. The molecule has 0 aliphatic heterocycles. The molecule has 0 fully saturated rings. The Labute approximate surface area is 119 Å². The lowest BCUT2D eigenvalue weighted by molar-refractivity contribution is 0.0932. The highest BCUT2D eigenvalue weighted by Gasteiger charge is 2.15. The first-order valence-electron chi connectivity index (χ1n) is 6.64. The van der Waals surface area contributed by atoms with Crippen LogP contribution in [0.25, 0.3) is 0 Å². The molecule has 0 bridgehead atoms. The first kappa shape index (κ1) is 16.2. The van der Waals surface area contributed by atoms with Gasteiger partial charge in [0.25, 0.3) is 5.91 Å². The molecule has 1 aromatic carbocycles. The minimum Gasteiger partial charge on any atom is -0.384 e. The van der Waals surface area contributed by atoms with Gasteiger partial charge in [-0.2, -0.15) is 0 Å². The van der Waals surface area contributed by atoms with Crippen LogP contribution in [0.1, 0.15) is 43.1 Å². The minimum absolute atomic E-state index is 0.0194. The van der Waals surface area contributed by atoms with Gasteiger partial charge in [0.2, 0.25) is 0 Å². The molecule has 0 heterocycles. The lowest BCUT2D eigenvalue weighted by Crippen LogP contribution is -2.34. The van der Waals surface area contributed by atoms with Crippen molar-refractivity contribution in [2.24, 2.45) is 5.92 Å². The highest BCUT2D eigenvalue weighted by Crippen LogP contribution is 2.11. The van der Waals surface area contributed by atoms with E-state index in [-0.39, 0.29) is 18.2 Å². The Kier molecular flexibility index (Phi) is 6.20. The summed E-state index contributed by atoms with van der Waals surface area (Å²) in [6.45, 7) is 5.75. The third-order valence-electron chi connectivity index (χ3n) is 2.73. The average molecular weight is 277 g/mol. The summed E-state index contributed by atoms with van der Waals surface area (Å²) in [5.41, 5.74) is 0.479. The molecule has 4 heteroatoms. The number of hydrogen-bond acceptors (Lipinski definition) is 2. The Morgan fingerprint density at radius 3 is 2.70 bits per heavy atom. The zero-order valence-corrected chi connectivity index (χ0v) is 12.0. The lowest BCUT2D eigenvalue weighted by atomic mass is 10.0. The third-order valence-corrected chi connectivity index (χ3v) is 2.73. The van der Waals surface area contributed by atoms with Gasteiger partial charge in [-0.1, -0.05) is 25.7 Å². The maximum absolute atomic E-state index is 13.7. The fourth-order valence-corrected chi connectivity index (χ4v) is 1.99. The van der Waals surface area contributed by atoms with E-state index in [1.54, 1.807) is 0 Å². The smallest absolute Gasteiger partial charge is 0.254 e. The van der Waals surface area contributed by atoms with Gasteiger partial charge in [-0.15, -0.1) is 0 Å². The summed E-state index contributed by atoms with van der Waals surface area (Å²) < 4.78 is 13.7. The van der Waals surface area contributed by atoms with Crippen LogP contribution >= 0.6 is 0 Å². The second-order valence-electron chi connectivity index (χ2n) is 5.16. The van der Waals surface area contributed by atoms with E-state index in [1.165, 1.54) is 18.2 Å². The molecular weight excluding hydrogens is 257 g/mol. The van der Waals surface area contributed by atoms with E-state index in [1.807, 2.05) is 6.92 Å². The number of hydrogen-bond donors (Lipinski definition) is 2. The maximum Gasteiger partial charge on any atom is 0.254 e. The van der Waals surface area contributed by atoms with Crippen molar-refractivity contribution in [1.82, 2.24) is 5.32 Å².